The lowest BCUT2D eigenvalue weighted by Gasteiger charge is -2.25. The summed E-state index contributed by atoms with van der Waals surface area (Å²) in [5.74, 6) is 0. The van der Waals surface area contributed by atoms with Crippen LogP contribution >= 0.6 is 27.3 Å². The third-order valence-corrected chi connectivity index (χ3v) is 4.35. The molecular weight excluding hydrogens is 296 g/mol. The highest BCUT2D eigenvalue weighted by molar-refractivity contribution is 9.10. The van der Waals surface area contributed by atoms with Gasteiger partial charge in [0.25, 0.3) is 0 Å². The molecular formula is C13H13BrN2S. The lowest BCUT2D eigenvalue weighted by atomic mass is 9.88. The molecule has 0 saturated carbocycles. The summed E-state index contributed by atoms with van der Waals surface area (Å²) in [7, 11) is 0. The molecule has 1 aromatic carbocycles. The smallest absolute Gasteiger partial charge is 0.182 e. The maximum Gasteiger partial charge on any atom is 0.182 e. The number of aromatic nitrogens is 1. The van der Waals surface area contributed by atoms with Gasteiger partial charge in [0.2, 0.25) is 0 Å². The molecule has 0 aliphatic heterocycles. The third kappa shape index (κ3) is 2.53. The second kappa shape index (κ2) is 4.78. The van der Waals surface area contributed by atoms with Crippen LogP contribution in [-0.2, 0) is 12.8 Å². The molecule has 4 heteroatoms. The van der Waals surface area contributed by atoms with Crippen molar-refractivity contribution in [3.8, 4) is 0 Å². The lowest BCUT2D eigenvalue weighted by Crippen LogP contribution is -2.27. The van der Waals surface area contributed by atoms with Crippen LogP contribution in [0.2, 0.25) is 0 Å². The van der Waals surface area contributed by atoms with E-state index in [9.17, 15) is 0 Å². The maximum absolute atomic E-state index is 4.28. The molecule has 1 unspecified atom stereocenters. The first-order chi connectivity index (χ1) is 8.31. The van der Waals surface area contributed by atoms with Gasteiger partial charge in [0.1, 0.15) is 0 Å². The first kappa shape index (κ1) is 11.2. The van der Waals surface area contributed by atoms with Crippen LogP contribution in [0.25, 0.3) is 0 Å². The van der Waals surface area contributed by atoms with E-state index in [1.807, 2.05) is 11.6 Å². The van der Waals surface area contributed by atoms with Crippen LogP contribution in [0.3, 0.4) is 0 Å². The van der Waals surface area contributed by atoms with Gasteiger partial charge in [0.05, 0.1) is 0 Å². The standard InChI is InChI=1S/C13H13BrN2S/c14-11-3-1-10-8-12(4-2-9(10)7-11)16-13-15-5-6-17-13/h1,3,5-7,12H,2,4,8H2,(H,15,16). The number of nitrogens with zero attached hydrogens (tertiary/aromatic N) is 1. The van der Waals surface area contributed by atoms with E-state index < -0.39 is 0 Å². The Morgan fingerprint density at radius 3 is 3.12 bits per heavy atom. The van der Waals surface area contributed by atoms with Gasteiger partial charge in [0.15, 0.2) is 5.13 Å². The Morgan fingerprint density at radius 2 is 2.29 bits per heavy atom. The number of benzene rings is 1. The summed E-state index contributed by atoms with van der Waals surface area (Å²) in [6.45, 7) is 0. The number of anilines is 1. The summed E-state index contributed by atoms with van der Waals surface area (Å²) in [5, 5.41) is 6.56. The number of aryl methyl sites for hydroxylation is 1. The summed E-state index contributed by atoms with van der Waals surface area (Å²) < 4.78 is 1.18. The van der Waals surface area contributed by atoms with Gasteiger partial charge in [-0.3, -0.25) is 0 Å². The van der Waals surface area contributed by atoms with Crippen molar-refractivity contribution >= 4 is 32.4 Å². The van der Waals surface area contributed by atoms with Gasteiger partial charge in [-0.05, 0) is 42.5 Å². The molecule has 3 rings (SSSR count). The van der Waals surface area contributed by atoms with Crippen LogP contribution < -0.4 is 5.32 Å². The van der Waals surface area contributed by atoms with Crippen molar-refractivity contribution in [3.63, 3.8) is 0 Å². The molecule has 0 fully saturated rings. The van der Waals surface area contributed by atoms with Crippen LogP contribution in [0, 0.1) is 0 Å². The van der Waals surface area contributed by atoms with Gasteiger partial charge in [-0.15, -0.1) is 11.3 Å². The second-order valence-corrected chi connectivity index (χ2v) is 6.14. The van der Waals surface area contributed by atoms with Crippen LogP contribution in [0.15, 0.2) is 34.2 Å². The van der Waals surface area contributed by atoms with E-state index in [0.717, 1.165) is 18.0 Å². The number of hydrogen-bond acceptors (Lipinski definition) is 3. The molecule has 0 spiro atoms. The van der Waals surface area contributed by atoms with Crippen LogP contribution in [0.1, 0.15) is 17.5 Å². The number of rotatable bonds is 2. The molecule has 2 aromatic rings. The Hall–Kier alpha value is -0.870. The summed E-state index contributed by atoms with van der Waals surface area (Å²) in [4.78, 5) is 4.28. The minimum absolute atomic E-state index is 0.523. The highest BCUT2D eigenvalue weighted by Gasteiger charge is 2.18. The van der Waals surface area contributed by atoms with Crippen molar-refractivity contribution in [3.05, 3.63) is 45.4 Å². The number of hydrogen-bond donors (Lipinski definition) is 1. The molecule has 0 amide bonds. The van der Waals surface area contributed by atoms with E-state index in [1.54, 1.807) is 11.3 Å². The predicted molar refractivity (Wildman–Crippen MR) is 75.7 cm³/mol. The van der Waals surface area contributed by atoms with Gasteiger partial charge in [-0.25, -0.2) is 4.98 Å². The summed E-state index contributed by atoms with van der Waals surface area (Å²) in [6, 6.07) is 7.13. The fraction of sp³-hybridized carbons (Fsp3) is 0.308. The zero-order chi connectivity index (χ0) is 11.7. The van der Waals surface area contributed by atoms with Crippen molar-refractivity contribution in [1.29, 1.82) is 0 Å². The molecule has 88 valence electrons. The Labute approximate surface area is 113 Å². The summed E-state index contributed by atoms with van der Waals surface area (Å²) >= 11 is 5.20. The lowest BCUT2D eigenvalue weighted by molar-refractivity contribution is 0.610. The van der Waals surface area contributed by atoms with E-state index in [1.165, 1.54) is 22.0 Å². The van der Waals surface area contributed by atoms with Gasteiger partial charge in [0, 0.05) is 22.1 Å². The number of nitrogens with one attached hydrogen (secondary N) is 1. The zero-order valence-corrected chi connectivity index (χ0v) is 11.7. The van der Waals surface area contributed by atoms with E-state index in [4.69, 9.17) is 0 Å². The van der Waals surface area contributed by atoms with Gasteiger partial charge >= 0.3 is 0 Å². The van der Waals surface area contributed by atoms with Crippen molar-refractivity contribution in [2.75, 3.05) is 5.32 Å². The van der Waals surface area contributed by atoms with E-state index in [0.29, 0.717) is 6.04 Å². The third-order valence-electron chi connectivity index (χ3n) is 3.16. The molecule has 1 aliphatic rings. The largest absolute Gasteiger partial charge is 0.358 e. The monoisotopic (exact) mass is 308 g/mol. The molecule has 17 heavy (non-hydrogen) atoms. The van der Waals surface area contributed by atoms with Crippen molar-refractivity contribution < 1.29 is 0 Å². The number of halogens is 1. The molecule has 1 aliphatic carbocycles. The molecule has 1 atom stereocenters. The Bertz CT molecular complexity index is 510. The SMILES string of the molecule is Brc1ccc2c(c1)CCC(Nc1nccs1)C2. The first-order valence-corrected chi connectivity index (χ1v) is 7.42. The highest BCUT2D eigenvalue weighted by atomic mass is 79.9. The quantitative estimate of drug-likeness (QED) is 0.911. The molecule has 1 heterocycles. The maximum atomic E-state index is 4.28. The normalized spacial score (nSPS) is 18.8. The minimum atomic E-state index is 0.523. The van der Waals surface area contributed by atoms with Gasteiger partial charge in [-0.2, -0.15) is 0 Å². The number of fused-ring (bicyclic) bond motifs is 1. The highest BCUT2D eigenvalue weighted by Crippen LogP contribution is 2.26. The average molecular weight is 309 g/mol. The Kier molecular flexibility index (Phi) is 3.16. The zero-order valence-electron chi connectivity index (χ0n) is 9.32. The Balaban J connectivity index is 1.74. The van der Waals surface area contributed by atoms with Gasteiger partial charge in [-0.1, -0.05) is 22.0 Å². The van der Waals surface area contributed by atoms with Crippen LogP contribution in [0.4, 0.5) is 5.13 Å². The minimum Gasteiger partial charge on any atom is -0.358 e. The average Bonchev–Trinajstić information content (AvgIpc) is 2.82. The fourth-order valence-corrected chi connectivity index (χ4v) is 3.33. The molecule has 0 radical (unpaired) electrons. The van der Waals surface area contributed by atoms with E-state index in [2.05, 4.69) is 44.4 Å². The Morgan fingerprint density at radius 1 is 1.35 bits per heavy atom. The topological polar surface area (TPSA) is 24.9 Å². The second-order valence-electron chi connectivity index (χ2n) is 4.33. The molecule has 0 saturated heterocycles. The molecule has 2 nitrogen and oxygen atoms in total. The summed E-state index contributed by atoms with van der Waals surface area (Å²) in [6.07, 6.45) is 5.28. The van der Waals surface area contributed by atoms with E-state index in [-0.39, 0.29) is 0 Å². The fourth-order valence-electron chi connectivity index (χ4n) is 2.32. The van der Waals surface area contributed by atoms with Crippen molar-refractivity contribution in [1.82, 2.24) is 4.98 Å². The van der Waals surface area contributed by atoms with Crippen molar-refractivity contribution in [2.45, 2.75) is 25.3 Å². The van der Waals surface area contributed by atoms with Crippen LogP contribution in [-0.4, -0.2) is 11.0 Å². The predicted octanol–water partition coefficient (Wildman–Crippen LogP) is 3.88. The van der Waals surface area contributed by atoms with Crippen molar-refractivity contribution in [2.24, 2.45) is 0 Å². The molecule has 0 bridgehead atoms. The van der Waals surface area contributed by atoms with Gasteiger partial charge < -0.3 is 5.32 Å². The summed E-state index contributed by atoms with van der Waals surface area (Å²) in [5.41, 5.74) is 2.95. The van der Waals surface area contributed by atoms with Crippen LogP contribution in [0.5, 0.6) is 0 Å². The van der Waals surface area contributed by atoms with E-state index >= 15 is 0 Å². The number of thiazole rings is 1. The first-order valence-electron chi connectivity index (χ1n) is 5.74. The molecule has 1 aromatic heterocycles. The molecule has 1 N–H and O–H groups in total.